The minimum Gasteiger partial charge on any atom is -0.481 e. The van der Waals surface area contributed by atoms with Gasteiger partial charge in [-0.05, 0) is 43.9 Å². The lowest BCUT2D eigenvalue weighted by Crippen LogP contribution is -2.42. The van der Waals surface area contributed by atoms with E-state index in [4.69, 9.17) is 0 Å². The molecule has 0 aliphatic heterocycles. The zero-order chi connectivity index (χ0) is 12.9. The molecule has 3 rings (SSSR count). The fourth-order valence-corrected chi connectivity index (χ4v) is 2.93. The lowest BCUT2D eigenvalue weighted by atomic mass is 9.64. The second-order valence-electron chi connectivity index (χ2n) is 5.38. The third-order valence-corrected chi connectivity index (χ3v) is 4.48. The Balaban J connectivity index is 2.16. The summed E-state index contributed by atoms with van der Waals surface area (Å²) in [5.41, 5.74) is 3.75. The average Bonchev–Trinajstić information content (AvgIpc) is 2.52. The summed E-state index contributed by atoms with van der Waals surface area (Å²) in [5.74, 6) is -0.687. The van der Waals surface area contributed by atoms with Crippen molar-refractivity contribution in [3.63, 3.8) is 0 Å². The quantitative estimate of drug-likeness (QED) is 0.850. The van der Waals surface area contributed by atoms with Crippen molar-refractivity contribution in [1.29, 1.82) is 0 Å². The molecule has 1 saturated carbocycles. The number of hydrogen-bond donors (Lipinski definition) is 2. The van der Waals surface area contributed by atoms with Crippen molar-refractivity contribution in [3.05, 3.63) is 35.0 Å². The molecule has 94 valence electrons. The molecule has 1 heterocycles. The Labute approximate surface area is 106 Å². The van der Waals surface area contributed by atoms with Gasteiger partial charge in [-0.2, -0.15) is 0 Å². The van der Waals surface area contributed by atoms with E-state index >= 15 is 0 Å². The zero-order valence-corrected chi connectivity index (χ0v) is 10.7. The monoisotopic (exact) mass is 243 g/mol. The number of aryl methyl sites for hydroxylation is 2. The Kier molecular flexibility index (Phi) is 2.27. The third kappa shape index (κ3) is 1.33. The maximum atomic E-state index is 11.5. The van der Waals surface area contributed by atoms with Gasteiger partial charge in [-0.25, -0.2) is 0 Å². The molecule has 2 N–H and O–H groups in total. The second kappa shape index (κ2) is 3.61. The van der Waals surface area contributed by atoms with E-state index < -0.39 is 11.4 Å². The van der Waals surface area contributed by atoms with Crippen molar-refractivity contribution >= 4 is 16.9 Å². The van der Waals surface area contributed by atoms with Gasteiger partial charge in [-0.1, -0.05) is 18.6 Å². The minimum atomic E-state index is -0.687. The van der Waals surface area contributed by atoms with Crippen LogP contribution in [0.15, 0.2) is 18.2 Å². The van der Waals surface area contributed by atoms with Crippen molar-refractivity contribution < 1.29 is 9.90 Å². The predicted octanol–water partition coefficient (Wildman–Crippen LogP) is 3.29. The first-order valence-corrected chi connectivity index (χ1v) is 6.37. The fraction of sp³-hybridized carbons (Fsp3) is 0.400. The highest BCUT2D eigenvalue weighted by Gasteiger charge is 2.45. The Morgan fingerprint density at radius 3 is 2.61 bits per heavy atom. The number of hydrogen-bond acceptors (Lipinski definition) is 1. The molecular formula is C15H17NO2. The highest BCUT2D eigenvalue weighted by Crippen LogP contribution is 2.44. The number of carboxylic acids is 1. The first-order chi connectivity index (χ1) is 8.54. The number of aromatic nitrogens is 1. The van der Waals surface area contributed by atoms with Gasteiger partial charge in [0.2, 0.25) is 0 Å². The maximum absolute atomic E-state index is 11.5. The Bertz CT molecular complexity index is 635. The molecule has 1 aliphatic carbocycles. The van der Waals surface area contributed by atoms with E-state index in [0.717, 1.165) is 36.0 Å². The van der Waals surface area contributed by atoms with Crippen molar-refractivity contribution in [2.24, 2.45) is 0 Å². The van der Waals surface area contributed by atoms with Crippen LogP contribution in [0.5, 0.6) is 0 Å². The van der Waals surface area contributed by atoms with Crippen LogP contribution >= 0.6 is 0 Å². The smallest absolute Gasteiger partial charge is 0.314 e. The summed E-state index contributed by atoms with van der Waals surface area (Å²) in [4.78, 5) is 14.8. The van der Waals surface area contributed by atoms with E-state index in [-0.39, 0.29) is 0 Å². The number of aliphatic carboxylic acids is 1. The summed E-state index contributed by atoms with van der Waals surface area (Å²) >= 11 is 0. The first-order valence-electron chi connectivity index (χ1n) is 6.37. The van der Waals surface area contributed by atoms with E-state index in [2.05, 4.69) is 11.9 Å². The predicted molar refractivity (Wildman–Crippen MR) is 70.9 cm³/mol. The first kappa shape index (κ1) is 11.3. The number of carbonyl (C=O) groups is 1. The van der Waals surface area contributed by atoms with Crippen LogP contribution < -0.4 is 0 Å². The molecule has 0 spiro atoms. The van der Waals surface area contributed by atoms with Crippen LogP contribution in [0.4, 0.5) is 0 Å². The SMILES string of the molecule is Cc1[nH]c2cc(C3(C(=O)O)CCC3)ccc2c1C. The van der Waals surface area contributed by atoms with Crippen molar-refractivity contribution in [2.75, 3.05) is 0 Å². The van der Waals surface area contributed by atoms with Crippen molar-refractivity contribution in [3.8, 4) is 0 Å². The number of aromatic amines is 1. The summed E-state index contributed by atoms with van der Waals surface area (Å²) in [6.07, 6.45) is 2.52. The summed E-state index contributed by atoms with van der Waals surface area (Å²) in [5, 5.41) is 10.6. The van der Waals surface area contributed by atoms with Crippen LogP contribution in [0, 0.1) is 13.8 Å². The molecule has 0 saturated heterocycles. The maximum Gasteiger partial charge on any atom is 0.314 e. The van der Waals surface area contributed by atoms with Crippen LogP contribution in [0.3, 0.4) is 0 Å². The van der Waals surface area contributed by atoms with Crippen LogP contribution in [0.2, 0.25) is 0 Å². The Hall–Kier alpha value is -1.77. The third-order valence-electron chi connectivity index (χ3n) is 4.48. The minimum absolute atomic E-state index is 0.638. The summed E-state index contributed by atoms with van der Waals surface area (Å²) < 4.78 is 0. The second-order valence-corrected chi connectivity index (χ2v) is 5.38. The average molecular weight is 243 g/mol. The van der Waals surface area contributed by atoms with Crippen LogP contribution in [0.25, 0.3) is 10.9 Å². The van der Waals surface area contributed by atoms with Gasteiger partial charge >= 0.3 is 5.97 Å². The van der Waals surface area contributed by atoms with E-state index in [9.17, 15) is 9.90 Å². The molecule has 0 unspecified atom stereocenters. The molecule has 0 bridgehead atoms. The molecule has 2 aromatic rings. The molecule has 0 atom stereocenters. The molecule has 1 aliphatic rings. The lowest BCUT2D eigenvalue weighted by Gasteiger charge is -2.38. The normalized spacial score (nSPS) is 17.7. The van der Waals surface area contributed by atoms with Gasteiger partial charge in [0.05, 0.1) is 5.41 Å². The topological polar surface area (TPSA) is 53.1 Å². The molecule has 1 aromatic heterocycles. The van der Waals surface area contributed by atoms with Crippen LogP contribution in [-0.4, -0.2) is 16.1 Å². The van der Waals surface area contributed by atoms with Gasteiger partial charge in [0.15, 0.2) is 0 Å². The van der Waals surface area contributed by atoms with Crippen molar-refractivity contribution in [2.45, 2.75) is 38.5 Å². The van der Waals surface area contributed by atoms with E-state index in [0.29, 0.717) is 0 Å². The van der Waals surface area contributed by atoms with Crippen molar-refractivity contribution in [1.82, 2.24) is 4.98 Å². The number of nitrogens with one attached hydrogen (secondary N) is 1. The van der Waals surface area contributed by atoms with E-state index in [1.54, 1.807) is 0 Å². The van der Waals surface area contributed by atoms with Gasteiger partial charge in [0.1, 0.15) is 0 Å². The molecule has 3 heteroatoms. The van der Waals surface area contributed by atoms with Gasteiger partial charge in [0, 0.05) is 16.6 Å². The lowest BCUT2D eigenvalue weighted by molar-refractivity contribution is -0.147. The largest absolute Gasteiger partial charge is 0.481 e. The number of carboxylic acid groups (broad SMARTS) is 1. The summed E-state index contributed by atoms with van der Waals surface area (Å²) in [6, 6.07) is 6.05. The Morgan fingerprint density at radius 2 is 2.06 bits per heavy atom. The molecule has 1 aromatic carbocycles. The fourth-order valence-electron chi connectivity index (χ4n) is 2.93. The highest BCUT2D eigenvalue weighted by atomic mass is 16.4. The molecule has 1 fully saturated rings. The molecule has 18 heavy (non-hydrogen) atoms. The standard InChI is InChI=1S/C15H17NO2/c1-9-10(2)16-13-8-11(4-5-12(9)13)15(14(17)18)6-3-7-15/h4-5,8,16H,3,6-7H2,1-2H3,(H,17,18). The summed E-state index contributed by atoms with van der Waals surface area (Å²) in [6.45, 7) is 4.13. The van der Waals surface area contributed by atoms with Gasteiger partial charge in [-0.15, -0.1) is 0 Å². The van der Waals surface area contributed by atoms with Gasteiger partial charge in [-0.3, -0.25) is 4.79 Å². The highest BCUT2D eigenvalue weighted by molar-refractivity contribution is 5.88. The number of benzene rings is 1. The van der Waals surface area contributed by atoms with E-state index in [1.807, 2.05) is 25.1 Å². The van der Waals surface area contributed by atoms with Crippen LogP contribution in [0.1, 0.15) is 36.1 Å². The van der Waals surface area contributed by atoms with Gasteiger partial charge < -0.3 is 10.1 Å². The number of rotatable bonds is 2. The zero-order valence-electron chi connectivity index (χ0n) is 10.7. The van der Waals surface area contributed by atoms with E-state index in [1.165, 1.54) is 10.9 Å². The molecule has 0 radical (unpaired) electrons. The number of fused-ring (bicyclic) bond motifs is 1. The van der Waals surface area contributed by atoms with Gasteiger partial charge in [0.25, 0.3) is 0 Å². The molecule has 0 amide bonds. The number of H-pyrrole nitrogens is 1. The molecular weight excluding hydrogens is 226 g/mol. The Morgan fingerprint density at radius 1 is 1.33 bits per heavy atom. The summed E-state index contributed by atoms with van der Waals surface area (Å²) in [7, 11) is 0. The molecule has 3 nitrogen and oxygen atoms in total. The van der Waals surface area contributed by atoms with Crippen LogP contribution in [-0.2, 0) is 10.2 Å².